The van der Waals surface area contributed by atoms with Gasteiger partial charge in [0, 0.05) is 25.0 Å². The topological polar surface area (TPSA) is 42.7 Å². The molecule has 0 spiro atoms. The Balaban J connectivity index is 2.06. The van der Waals surface area contributed by atoms with Crippen molar-refractivity contribution in [2.45, 2.75) is 72.4 Å². The SMILES string of the molecule is CCCn1ncnc1CC(C)(CNC(C)(C)C)C1CC1. The maximum absolute atomic E-state index is 4.50. The molecule has 4 heteroatoms. The van der Waals surface area contributed by atoms with Crippen molar-refractivity contribution in [2.24, 2.45) is 11.3 Å². The molecule has 1 aliphatic carbocycles. The molecule has 1 unspecified atom stereocenters. The molecule has 20 heavy (non-hydrogen) atoms. The van der Waals surface area contributed by atoms with Crippen LogP contribution < -0.4 is 5.32 Å². The van der Waals surface area contributed by atoms with Crippen molar-refractivity contribution in [1.29, 1.82) is 0 Å². The first kappa shape index (κ1) is 15.5. The first-order chi connectivity index (χ1) is 9.34. The van der Waals surface area contributed by atoms with E-state index in [0.717, 1.165) is 37.7 Å². The van der Waals surface area contributed by atoms with Crippen molar-refractivity contribution < 1.29 is 0 Å². The monoisotopic (exact) mass is 278 g/mol. The second-order valence-electron chi connectivity index (χ2n) is 7.61. The zero-order valence-corrected chi connectivity index (χ0v) is 13.7. The van der Waals surface area contributed by atoms with Crippen LogP contribution in [0.15, 0.2) is 6.33 Å². The fraction of sp³-hybridized carbons (Fsp3) is 0.875. The van der Waals surface area contributed by atoms with Crippen LogP contribution in [-0.4, -0.2) is 26.8 Å². The van der Waals surface area contributed by atoms with Crippen LogP contribution in [0.3, 0.4) is 0 Å². The molecule has 0 radical (unpaired) electrons. The van der Waals surface area contributed by atoms with E-state index in [9.17, 15) is 0 Å². The van der Waals surface area contributed by atoms with Crippen molar-refractivity contribution >= 4 is 0 Å². The lowest BCUT2D eigenvalue weighted by molar-refractivity contribution is 0.220. The molecule has 1 atom stereocenters. The molecule has 0 amide bonds. The van der Waals surface area contributed by atoms with E-state index in [1.54, 1.807) is 6.33 Å². The third kappa shape index (κ3) is 4.05. The van der Waals surface area contributed by atoms with Crippen LogP contribution in [-0.2, 0) is 13.0 Å². The Morgan fingerprint density at radius 2 is 2.00 bits per heavy atom. The Bertz CT molecular complexity index is 428. The van der Waals surface area contributed by atoms with Crippen molar-refractivity contribution in [3.8, 4) is 0 Å². The molecule has 2 rings (SSSR count). The van der Waals surface area contributed by atoms with Gasteiger partial charge in [-0.15, -0.1) is 0 Å². The summed E-state index contributed by atoms with van der Waals surface area (Å²) < 4.78 is 2.08. The Labute approximate surface area is 123 Å². The highest BCUT2D eigenvalue weighted by molar-refractivity contribution is 5.01. The number of nitrogens with zero attached hydrogens (tertiary/aromatic N) is 3. The molecule has 1 fully saturated rings. The van der Waals surface area contributed by atoms with Gasteiger partial charge >= 0.3 is 0 Å². The van der Waals surface area contributed by atoms with Gasteiger partial charge in [0.2, 0.25) is 0 Å². The largest absolute Gasteiger partial charge is 0.312 e. The molecule has 0 aliphatic heterocycles. The van der Waals surface area contributed by atoms with E-state index in [-0.39, 0.29) is 5.54 Å². The lowest BCUT2D eigenvalue weighted by atomic mass is 9.80. The zero-order valence-electron chi connectivity index (χ0n) is 13.7. The van der Waals surface area contributed by atoms with Crippen LogP contribution >= 0.6 is 0 Å². The van der Waals surface area contributed by atoms with Gasteiger partial charge in [-0.1, -0.05) is 13.8 Å². The van der Waals surface area contributed by atoms with Gasteiger partial charge in [0.15, 0.2) is 0 Å². The molecule has 0 saturated heterocycles. The number of hydrogen-bond acceptors (Lipinski definition) is 3. The average Bonchev–Trinajstić information content (AvgIpc) is 3.12. The van der Waals surface area contributed by atoms with E-state index in [2.05, 4.69) is 54.7 Å². The van der Waals surface area contributed by atoms with Gasteiger partial charge in [0.05, 0.1) is 0 Å². The molecule has 1 heterocycles. The number of aryl methyl sites for hydroxylation is 1. The van der Waals surface area contributed by atoms with Gasteiger partial charge in [-0.25, -0.2) is 4.98 Å². The fourth-order valence-corrected chi connectivity index (χ4v) is 2.78. The van der Waals surface area contributed by atoms with E-state index in [0.29, 0.717) is 5.41 Å². The van der Waals surface area contributed by atoms with Gasteiger partial charge in [0.1, 0.15) is 12.2 Å². The van der Waals surface area contributed by atoms with Crippen molar-refractivity contribution in [1.82, 2.24) is 20.1 Å². The summed E-state index contributed by atoms with van der Waals surface area (Å²) in [6, 6.07) is 0. The summed E-state index contributed by atoms with van der Waals surface area (Å²) in [5.74, 6) is 1.99. The maximum Gasteiger partial charge on any atom is 0.138 e. The fourth-order valence-electron chi connectivity index (χ4n) is 2.78. The summed E-state index contributed by atoms with van der Waals surface area (Å²) in [4.78, 5) is 4.50. The van der Waals surface area contributed by atoms with Crippen molar-refractivity contribution in [3.63, 3.8) is 0 Å². The van der Waals surface area contributed by atoms with Gasteiger partial charge in [-0.2, -0.15) is 5.10 Å². The van der Waals surface area contributed by atoms with Crippen molar-refractivity contribution in [3.05, 3.63) is 12.2 Å². The molecular weight excluding hydrogens is 248 g/mol. The molecule has 4 nitrogen and oxygen atoms in total. The van der Waals surface area contributed by atoms with Crippen LogP contribution in [0, 0.1) is 11.3 Å². The summed E-state index contributed by atoms with van der Waals surface area (Å²) >= 11 is 0. The molecule has 1 N–H and O–H groups in total. The molecule has 0 aromatic carbocycles. The highest BCUT2D eigenvalue weighted by Crippen LogP contribution is 2.47. The first-order valence-corrected chi connectivity index (χ1v) is 7.96. The smallest absolute Gasteiger partial charge is 0.138 e. The van der Waals surface area contributed by atoms with Crippen LogP contribution in [0.5, 0.6) is 0 Å². The molecule has 114 valence electrons. The number of nitrogens with one attached hydrogen (secondary N) is 1. The third-order valence-electron chi connectivity index (χ3n) is 4.28. The standard InChI is InChI=1S/C16H30N4/c1-6-9-20-14(17-12-19-20)10-16(5,13-7-8-13)11-18-15(2,3)4/h12-13,18H,6-11H2,1-5H3. The molecule has 1 aromatic rings. The Kier molecular flexibility index (Phi) is 4.52. The first-order valence-electron chi connectivity index (χ1n) is 7.96. The van der Waals surface area contributed by atoms with Gasteiger partial charge in [0.25, 0.3) is 0 Å². The molecule has 1 aliphatic rings. The summed E-state index contributed by atoms with van der Waals surface area (Å²) in [5, 5.41) is 8.05. The van der Waals surface area contributed by atoms with E-state index >= 15 is 0 Å². The zero-order chi connectivity index (χ0) is 14.8. The molecule has 0 bridgehead atoms. The summed E-state index contributed by atoms with van der Waals surface area (Å²) in [5.41, 5.74) is 0.471. The minimum Gasteiger partial charge on any atom is -0.312 e. The summed E-state index contributed by atoms with van der Waals surface area (Å²) in [6.07, 6.45) is 6.57. The van der Waals surface area contributed by atoms with Gasteiger partial charge in [-0.05, 0) is 51.4 Å². The minimum absolute atomic E-state index is 0.174. The highest BCUT2D eigenvalue weighted by atomic mass is 15.3. The average molecular weight is 278 g/mol. The van der Waals surface area contributed by atoms with E-state index in [1.807, 2.05) is 0 Å². The highest BCUT2D eigenvalue weighted by Gasteiger charge is 2.42. The van der Waals surface area contributed by atoms with Crippen LogP contribution in [0.2, 0.25) is 0 Å². The van der Waals surface area contributed by atoms with Crippen LogP contribution in [0.25, 0.3) is 0 Å². The van der Waals surface area contributed by atoms with Gasteiger partial charge < -0.3 is 5.32 Å². The quantitative estimate of drug-likeness (QED) is 0.833. The lowest BCUT2D eigenvalue weighted by Crippen LogP contribution is -2.45. The van der Waals surface area contributed by atoms with Crippen LogP contribution in [0.1, 0.15) is 59.7 Å². The Morgan fingerprint density at radius 3 is 2.55 bits per heavy atom. The number of rotatable bonds is 7. The molecule has 1 saturated carbocycles. The summed E-state index contributed by atoms with van der Waals surface area (Å²) in [7, 11) is 0. The predicted molar refractivity (Wildman–Crippen MR) is 82.6 cm³/mol. The molecular formula is C16H30N4. The summed E-state index contributed by atoms with van der Waals surface area (Å²) in [6.45, 7) is 13.3. The second-order valence-corrected chi connectivity index (χ2v) is 7.61. The molecule has 1 aromatic heterocycles. The minimum atomic E-state index is 0.174. The maximum atomic E-state index is 4.50. The third-order valence-corrected chi connectivity index (χ3v) is 4.28. The van der Waals surface area contributed by atoms with E-state index in [1.165, 1.54) is 12.8 Å². The Hall–Kier alpha value is -0.900. The number of hydrogen-bond donors (Lipinski definition) is 1. The van der Waals surface area contributed by atoms with Crippen LogP contribution in [0.4, 0.5) is 0 Å². The van der Waals surface area contributed by atoms with Crippen molar-refractivity contribution in [2.75, 3.05) is 6.54 Å². The number of aromatic nitrogens is 3. The normalized spacial score (nSPS) is 19.1. The lowest BCUT2D eigenvalue weighted by Gasteiger charge is -2.34. The second kappa shape index (κ2) is 5.84. The van der Waals surface area contributed by atoms with E-state index < -0.39 is 0 Å². The predicted octanol–water partition coefficient (Wildman–Crippen LogP) is 3.04. The Morgan fingerprint density at radius 1 is 1.30 bits per heavy atom. The van der Waals surface area contributed by atoms with E-state index in [4.69, 9.17) is 0 Å². The van der Waals surface area contributed by atoms with Gasteiger partial charge in [-0.3, -0.25) is 4.68 Å².